The van der Waals surface area contributed by atoms with Crippen LogP contribution in [-0.4, -0.2) is 19.0 Å². The minimum atomic E-state index is 0.0959. The summed E-state index contributed by atoms with van der Waals surface area (Å²) >= 11 is 6.24. The van der Waals surface area contributed by atoms with Crippen molar-refractivity contribution in [3.05, 3.63) is 125 Å². The highest BCUT2D eigenvalue weighted by atomic mass is 35.5. The predicted octanol–water partition coefficient (Wildman–Crippen LogP) is 7.45. The molecule has 0 saturated heterocycles. The highest BCUT2D eigenvalue weighted by Gasteiger charge is 2.29. The maximum absolute atomic E-state index is 6.24. The molecule has 0 spiro atoms. The lowest BCUT2D eigenvalue weighted by molar-refractivity contribution is 0.414. The number of ether oxygens (including phenoxy) is 1. The van der Waals surface area contributed by atoms with Gasteiger partial charge in [-0.1, -0.05) is 72.3 Å². The quantitative estimate of drug-likeness (QED) is 0.277. The summed E-state index contributed by atoms with van der Waals surface area (Å²) < 4.78 is 5.35. The van der Waals surface area contributed by atoms with E-state index in [4.69, 9.17) is 21.4 Å². The topological polar surface area (TPSA) is 37.2 Å². The van der Waals surface area contributed by atoms with Gasteiger partial charge in [0.1, 0.15) is 5.75 Å². The number of hydrazone groups is 1. The number of hydrogen-bond acceptors (Lipinski definition) is 4. The van der Waals surface area contributed by atoms with Crippen molar-refractivity contribution in [2.75, 3.05) is 12.1 Å². The molecule has 0 amide bonds. The van der Waals surface area contributed by atoms with E-state index in [9.17, 15) is 0 Å². The van der Waals surface area contributed by atoms with E-state index in [0.29, 0.717) is 5.02 Å². The van der Waals surface area contributed by atoms with Crippen molar-refractivity contribution in [3.8, 4) is 5.75 Å². The van der Waals surface area contributed by atoms with Crippen LogP contribution in [-0.2, 0) is 0 Å². The Labute approximate surface area is 204 Å². The number of hydrogen-bond donors (Lipinski definition) is 0. The Morgan fingerprint density at radius 1 is 0.882 bits per heavy atom. The van der Waals surface area contributed by atoms with Gasteiger partial charge in [-0.25, -0.2) is 0 Å². The fourth-order valence-corrected chi connectivity index (χ4v) is 4.24. The highest BCUT2D eigenvalue weighted by Crippen LogP contribution is 2.37. The number of halogens is 1. The van der Waals surface area contributed by atoms with Crippen molar-refractivity contribution in [3.63, 3.8) is 0 Å². The largest absolute Gasteiger partial charge is 0.497 e. The summed E-state index contributed by atoms with van der Waals surface area (Å²) in [5.74, 6) is 0.846. The van der Waals surface area contributed by atoms with E-state index in [0.717, 1.165) is 40.4 Å². The van der Waals surface area contributed by atoms with Crippen LogP contribution in [0.25, 0.3) is 0 Å². The lowest BCUT2D eigenvalue weighted by atomic mass is 9.98. The molecule has 34 heavy (non-hydrogen) atoms. The fraction of sp³-hybridized carbons (Fsp3) is 0.103. The van der Waals surface area contributed by atoms with Crippen LogP contribution in [0.3, 0.4) is 0 Å². The smallest absolute Gasteiger partial charge is 0.118 e. The Balaban J connectivity index is 1.44. The Hall–Kier alpha value is -3.89. The molecule has 5 rings (SSSR count). The second-order valence-corrected chi connectivity index (χ2v) is 8.45. The molecular weight excluding hydrogens is 442 g/mol. The van der Waals surface area contributed by atoms with Crippen molar-refractivity contribution in [1.29, 1.82) is 0 Å². The summed E-state index contributed by atoms with van der Waals surface area (Å²) in [7, 11) is 1.68. The zero-order valence-electron chi connectivity index (χ0n) is 18.8. The van der Waals surface area contributed by atoms with Gasteiger partial charge >= 0.3 is 0 Å². The number of aliphatic imine (C=N–C) groups is 1. The number of anilines is 1. The molecular formula is C29H24ClN3O. The van der Waals surface area contributed by atoms with Crippen LogP contribution < -0.4 is 9.75 Å². The van der Waals surface area contributed by atoms with E-state index in [1.165, 1.54) is 5.56 Å². The molecule has 0 bridgehead atoms. The van der Waals surface area contributed by atoms with Crippen molar-refractivity contribution >= 4 is 34.9 Å². The molecule has 1 unspecified atom stereocenters. The van der Waals surface area contributed by atoms with Crippen LogP contribution in [0.15, 0.2) is 113 Å². The molecule has 1 aliphatic rings. The molecule has 4 aromatic rings. The third-order valence-electron chi connectivity index (χ3n) is 5.89. The Bertz CT molecular complexity index is 1320. The standard InChI is InChI=1S/C29H24ClN3O/c1-34-26-17-11-22(12-18-26)29-19-28(21-7-3-2-4-8-21)32-33(29)25-15-13-24(14-16-25)31-20-23-9-5-6-10-27(23)30/h2-18,20,29H,19H2,1H3. The van der Waals surface area contributed by atoms with Gasteiger partial charge in [-0.3, -0.25) is 10.0 Å². The summed E-state index contributed by atoms with van der Waals surface area (Å²) in [4.78, 5) is 4.59. The van der Waals surface area contributed by atoms with Gasteiger partial charge in [-0.15, -0.1) is 0 Å². The third kappa shape index (κ3) is 4.73. The van der Waals surface area contributed by atoms with Gasteiger partial charge in [0, 0.05) is 23.2 Å². The molecule has 4 nitrogen and oxygen atoms in total. The lowest BCUT2D eigenvalue weighted by Gasteiger charge is -2.24. The monoisotopic (exact) mass is 465 g/mol. The first kappa shape index (κ1) is 21.9. The average molecular weight is 466 g/mol. The van der Waals surface area contributed by atoms with E-state index in [1.54, 1.807) is 13.3 Å². The van der Waals surface area contributed by atoms with Crippen LogP contribution in [0.2, 0.25) is 5.02 Å². The summed E-state index contributed by atoms with van der Waals surface area (Å²) in [5.41, 5.74) is 6.17. The zero-order chi connectivity index (χ0) is 23.3. The molecule has 0 fully saturated rings. The van der Waals surface area contributed by atoms with Crippen molar-refractivity contribution in [2.24, 2.45) is 10.1 Å². The predicted molar refractivity (Wildman–Crippen MR) is 141 cm³/mol. The Morgan fingerprint density at radius 3 is 2.29 bits per heavy atom. The van der Waals surface area contributed by atoms with Crippen molar-refractivity contribution in [2.45, 2.75) is 12.5 Å². The minimum absolute atomic E-state index is 0.0959. The van der Waals surface area contributed by atoms with E-state index >= 15 is 0 Å². The molecule has 168 valence electrons. The molecule has 1 aliphatic heterocycles. The third-order valence-corrected chi connectivity index (χ3v) is 6.23. The summed E-state index contributed by atoms with van der Waals surface area (Å²) in [6, 6.07) is 34.5. The van der Waals surface area contributed by atoms with E-state index < -0.39 is 0 Å². The van der Waals surface area contributed by atoms with Gasteiger partial charge < -0.3 is 4.74 Å². The number of benzene rings is 4. The number of nitrogens with zero attached hydrogens (tertiary/aromatic N) is 3. The molecule has 1 atom stereocenters. The van der Waals surface area contributed by atoms with Crippen molar-refractivity contribution in [1.82, 2.24) is 0 Å². The molecule has 0 saturated carbocycles. The molecule has 0 aromatic heterocycles. The second-order valence-electron chi connectivity index (χ2n) is 8.05. The van der Waals surface area contributed by atoms with Crippen LogP contribution in [0, 0.1) is 0 Å². The van der Waals surface area contributed by atoms with Gasteiger partial charge in [0.15, 0.2) is 0 Å². The van der Waals surface area contributed by atoms with Crippen LogP contribution >= 0.6 is 11.6 Å². The van der Waals surface area contributed by atoms with Gasteiger partial charge in [0.2, 0.25) is 0 Å². The zero-order valence-corrected chi connectivity index (χ0v) is 19.6. The molecule has 0 N–H and O–H groups in total. The lowest BCUT2D eigenvalue weighted by Crippen LogP contribution is -2.18. The maximum atomic E-state index is 6.24. The van der Waals surface area contributed by atoms with Crippen LogP contribution in [0.4, 0.5) is 11.4 Å². The highest BCUT2D eigenvalue weighted by molar-refractivity contribution is 6.33. The molecule has 0 radical (unpaired) electrons. The van der Waals surface area contributed by atoms with Gasteiger partial charge in [0.25, 0.3) is 0 Å². The van der Waals surface area contributed by atoms with Crippen LogP contribution in [0.1, 0.15) is 29.2 Å². The average Bonchev–Trinajstić information content (AvgIpc) is 3.35. The molecule has 5 heteroatoms. The normalized spacial score (nSPS) is 15.5. The summed E-state index contributed by atoms with van der Waals surface area (Å²) in [5, 5.41) is 7.81. The van der Waals surface area contributed by atoms with E-state index in [2.05, 4.69) is 58.5 Å². The Kier molecular flexibility index (Phi) is 6.41. The minimum Gasteiger partial charge on any atom is -0.497 e. The fourth-order valence-electron chi connectivity index (χ4n) is 4.05. The molecule has 1 heterocycles. The van der Waals surface area contributed by atoms with Gasteiger partial charge in [-0.2, -0.15) is 5.10 Å². The van der Waals surface area contributed by atoms with Gasteiger partial charge in [-0.05, 0) is 53.6 Å². The molecule has 4 aromatic carbocycles. The van der Waals surface area contributed by atoms with Crippen molar-refractivity contribution < 1.29 is 4.74 Å². The summed E-state index contributed by atoms with van der Waals surface area (Å²) in [6.07, 6.45) is 2.61. The van der Waals surface area contributed by atoms with Gasteiger partial charge in [0.05, 0.1) is 30.2 Å². The van der Waals surface area contributed by atoms with E-state index in [-0.39, 0.29) is 6.04 Å². The van der Waals surface area contributed by atoms with E-state index in [1.807, 2.05) is 54.6 Å². The first-order valence-corrected chi connectivity index (χ1v) is 11.5. The Morgan fingerprint density at radius 2 is 1.59 bits per heavy atom. The SMILES string of the molecule is COc1ccc(C2CC(c3ccccc3)=NN2c2ccc(N=Cc3ccccc3Cl)cc2)cc1. The first-order chi connectivity index (χ1) is 16.7. The summed E-state index contributed by atoms with van der Waals surface area (Å²) in [6.45, 7) is 0. The first-order valence-electron chi connectivity index (χ1n) is 11.2. The number of methoxy groups -OCH3 is 1. The number of rotatable bonds is 6. The van der Waals surface area contributed by atoms with Crippen LogP contribution in [0.5, 0.6) is 5.75 Å². The maximum Gasteiger partial charge on any atom is 0.118 e. The molecule has 0 aliphatic carbocycles. The second kappa shape index (κ2) is 9.94.